The average Bonchev–Trinajstić information content (AvgIpc) is 0.857. The number of aryl methyl sites for hydroxylation is 1. The van der Waals surface area contributed by atoms with Gasteiger partial charge in [-0.15, -0.1) is 0 Å². The van der Waals surface area contributed by atoms with Crippen LogP contribution >= 0.6 is 0 Å². The van der Waals surface area contributed by atoms with Crippen LogP contribution in [0.25, 0.3) is 0 Å². The number of carbonyl (C=O) groups is 5. The molecule has 1 aliphatic rings. The van der Waals surface area contributed by atoms with Crippen LogP contribution in [0.1, 0.15) is 223 Å². The highest BCUT2D eigenvalue weighted by Gasteiger charge is 2.43. The number of carbonyl (C=O) groups excluding carboxylic acids is 5. The standard InChI is InChI=1S/C16H21F3O2.C14H23F3O2.C9H18O2.2C8H16O2.3C7H5F3.CH3F/c1-4-15(2,3)11-21-14(20)10-7-12-5-8-13(9-6-12)16(17,18)19;1-4-13(2,3)9-19-12(18)10-5-7-11(8-6-10)14(15,16)17;1-5-8(10)11-7-9(3,4)6-2;2*1-5-8(3,4)6-10-7(2)9;3*8-7(9,10)6-4-2-1-3-5-6;1-2/h5-6,8-9H,4,7,10-11H2,1-3H3;10-11H,4-9H2,1-3H3;5-7H2,1-4H3;2*5-6H2,1-4H3;3*1-5H;1H3. The third-order valence-electron chi connectivity index (χ3n) is 16.0. The van der Waals surface area contributed by atoms with Crippen molar-refractivity contribution < 1.29 is 118 Å². The molecule has 5 rings (SSSR count). The van der Waals surface area contributed by atoms with E-state index < -0.39 is 59.1 Å². The molecule has 10 nitrogen and oxygen atoms in total. The summed E-state index contributed by atoms with van der Waals surface area (Å²) in [7, 11) is 0.500. The van der Waals surface area contributed by atoms with Gasteiger partial charge in [-0.05, 0) is 109 Å². The highest BCUT2D eigenvalue weighted by molar-refractivity contribution is 5.72. The predicted octanol–water partition coefficient (Wildman–Crippen LogP) is 24.0. The Hall–Kier alpha value is -6.89. The number of hydrogen-bond acceptors (Lipinski definition) is 10. The van der Waals surface area contributed by atoms with E-state index in [1.807, 2.05) is 41.5 Å². The van der Waals surface area contributed by atoms with E-state index in [0.717, 1.165) is 80.6 Å². The fraction of sp³-hybridized carbons (Fsp3) is 0.623. The summed E-state index contributed by atoms with van der Waals surface area (Å²) in [5.74, 6) is -2.75. The third-order valence-corrected chi connectivity index (χ3v) is 16.0. The summed E-state index contributed by atoms with van der Waals surface area (Å²) in [6, 6.07) is 23.9. The fourth-order valence-electron chi connectivity index (χ4n) is 6.86. The molecule has 26 heteroatoms. The molecule has 103 heavy (non-hydrogen) atoms. The van der Waals surface area contributed by atoms with Gasteiger partial charge in [-0.1, -0.05) is 214 Å². The predicted molar refractivity (Wildman–Crippen MR) is 369 cm³/mol. The Kier molecular flexibility index (Phi) is 49.5. The molecule has 0 aliphatic heterocycles. The van der Waals surface area contributed by atoms with Crippen molar-refractivity contribution in [3.63, 3.8) is 0 Å². The minimum atomic E-state index is -4.33. The number of benzene rings is 4. The van der Waals surface area contributed by atoms with Gasteiger partial charge >= 0.3 is 60.7 Å². The van der Waals surface area contributed by atoms with E-state index in [0.29, 0.717) is 58.6 Å². The van der Waals surface area contributed by atoms with Crippen molar-refractivity contribution in [2.75, 3.05) is 40.2 Å². The Balaban J connectivity index is -0.000000553. The van der Waals surface area contributed by atoms with Crippen LogP contribution in [0.2, 0.25) is 0 Å². The van der Waals surface area contributed by atoms with Gasteiger partial charge in [0.15, 0.2) is 0 Å². The van der Waals surface area contributed by atoms with E-state index in [2.05, 4.69) is 62.3 Å². The largest absolute Gasteiger partial charge is 0.465 e. The molecule has 0 bridgehead atoms. The van der Waals surface area contributed by atoms with Gasteiger partial charge in [-0.3, -0.25) is 28.4 Å². The van der Waals surface area contributed by atoms with Gasteiger partial charge in [0, 0.05) is 26.7 Å². The second-order valence-electron chi connectivity index (χ2n) is 27.8. The van der Waals surface area contributed by atoms with Crippen molar-refractivity contribution in [1.29, 1.82) is 0 Å². The molecular weight excluding hydrogens is 1390 g/mol. The summed E-state index contributed by atoms with van der Waals surface area (Å²) >= 11 is 0. The van der Waals surface area contributed by atoms with E-state index in [1.54, 1.807) is 25.1 Å². The van der Waals surface area contributed by atoms with Crippen LogP contribution in [0, 0.1) is 38.9 Å². The second-order valence-corrected chi connectivity index (χ2v) is 27.8. The maximum Gasteiger partial charge on any atom is 0.416 e. The van der Waals surface area contributed by atoms with Crippen LogP contribution in [-0.4, -0.2) is 76.2 Å². The normalized spacial score (nSPS) is 13.9. The van der Waals surface area contributed by atoms with E-state index >= 15 is 0 Å². The highest BCUT2D eigenvalue weighted by Crippen LogP contribution is 2.40. The van der Waals surface area contributed by atoms with E-state index in [-0.39, 0.29) is 94.9 Å². The first kappa shape index (κ1) is 102. The van der Waals surface area contributed by atoms with E-state index in [4.69, 9.17) is 23.7 Å². The van der Waals surface area contributed by atoms with Crippen LogP contribution in [-0.2, 0) is 78.8 Å². The van der Waals surface area contributed by atoms with Gasteiger partial charge in [0.1, 0.15) is 0 Å². The molecule has 4 aromatic rings. The summed E-state index contributed by atoms with van der Waals surface area (Å²) in [5.41, 5.74) is -1.53. The lowest BCUT2D eigenvalue weighted by atomic mass is 9.81. The molecule has 1 fully saturated rings. The smallest absolute Gasteiger partial charge is 0.416 e. The van der Waals surface area contributed by atoms with Gasteiger partial charge in [0.25, 0.3) is 0 Å². The Labute approximate surface area is 600 Å². The van der Waals surface area contributed by atoms with Crippen molar-refractivity contribution >= 4 is 29.8 Å². The first-order valence-corrected chi connectivity index (χ1v) is 33.8. The van der Waals surface area contributed by atoms with Crippen molar-refractivity contribution in [3.05, 3.63) is 143 Å². The Bertz CT molecular complexity index is 2730. The van der Waals surface area contributed by atoms with Gasteiger partial charge in [0.05, 0.1) is 74.3 Å². The monoisotopic (exact) mass is 1500 g/mol. The highest BCUT2D eigenvalue weighted by atomic mass is 19.4. The van der Waals surface area contributed by atoms with Gasteiger partial charge in [-0.25, -0.2) is 0 Å². The number of rotatable bonds is 20. The Morgan fingerprint density at radius 2 is 0.602 bits per heavy atom. The first-order chi connectivity index (χ1) is 47.1. The molecule has 592 valence electrons. The van der Waals surface area contributed by atoms with Crippen molar-refractivity contribution in [1.82, 2.24) is 0 Å². The van der Waals surface area contributed by atoms with Crippen LogP contribution in [0.3, 0.4) is 0 Å². The molecule has 0 unspecified atom stereocenters. The van der Waals surface area contributed by atoms with Crippen molar-refractivity contribution in [2.24, 2.45) is 38.9 Å². The van der Waals surface area contributed by atoms with Gasteiger partial charge in [-0.2, -0.15) is 65.9 Å². The third kappa shape index (κ3) is 54.4. The molecule has 0 radical (unpaired) electrons. The van der Waals surface area contributed by atoms with Gasteiger partial charge in [0.2, 0.25) is 0 Å². The Morgan fingerprint density at radius 1 is 0.350 bits per heavy atom. The maximum atomic E-state index is 12.5. The summed E-state index contributed by atoms with van der Waals surface area (Å²) in [4.78, 5) is 54.9. The summed E-state index contributed by atoms with van der Waals surface area (Å²) in [5, 5.41) is 0. The summed E-state index contributed by atoms with van der Waals surface area (Å²) < 4.78 is 215. The number of alkyl halides is 16. The number of hydrogen-bond donors (Lipinski definition) is 0. The molecule has 0 N–H and O–H groups in total. The minimum absolute atomic E-state index is 0.0421. The summed E-state index contributed by atoms with van der Waals surface area (Å²) in [6.07, 6.45) is -14.5. The molecule has 0 spiro atoms. The molecule has 0 aromatic heterocycles. The van der Waals surface area contributed by atoms with Crippen LogP contribution in [0.4, 0.5) is 70.2 Å². The van der Waals surface area contributed by atoms with Crippen LogP contribution in [0.5, 0.6) is 0 Å². The lowest BCUT2D eigenvalue weighted by molar-refractivity contribution is -0.187. The molecule has 0 atom stereocenters. The molecule has 1 saturated carbocycles. The van der Waals surface area contributed by atoms with Crippen molar-refractivity contribution in [2.45, 2.75) is 233 Å². The lowest BCUT2D eigenvalue weighted by Crippen LogP contribution is -2.32. The fourth-order valence-corrected chi connectivity index (χ4v) is 6.86. The average molecular weight is 1500 g/mol. The SMILES string of the molecule is CCC(=O)OCC(C)(C)CC.CCC(C)(C)COC(=O)C1CCC(C(F)(F)F)CC1.CCC(C)(C)COC(=O)CCc1ccc(C(F)(F)F)cc1.CCC(C)(C)COC(C)=O.CCC(C)(C)COC(C)=O.CF.FC(F)(F)c1ccccc1.FC(F)(F)c1ccccc1.FC(F)(F)c1ccccc1. The number of halogens is 16. The zero-order valence-corrected chi connectivity index (χ0v) is 63.3. The number of esters is 5. The second kappa shape index (κ2) is 49.8. The van der Waals surface area contributed by atoms with E-state index in [1.165, 1.54) is 62.4 Å². The molecule has 0 saturated heterocycles. The topological polar surface area (TPSA) is 132 Å². The van der Waals surface area contributed by atoms with E-state index in [9.17, 15) is 94.2 Å². The maximum absolute atomic E-state index is 12.5. The van der Waals surface area contributed by atoms with Gasteiger partial charge < -0.3 is 23.7 Å². The molecular formula is C77H112F16O10. The molecule has 4 aromatic carbocycles. The van der Waals surface area contributed by atoms with Crippen LogP contribution < -0.4 is 0 Å². The molecule has 0 heterocycles. The first-order valence-electron chi connectivity index (χ1n) is 33.8. The molecule has 1 aliphatic carbocycles. The quantitative estimate of drug-likeness (QED) is 0.0479. The lowest BCUT2D eigenvalue weighted by Gasteiger charge is -2.29. The molecule has 0 amide bonds. The van der Waals surface area contributed by atoms with Crippen molar-refractivity contribution in [3.8, 4) is 0 Å². The zero-order valence-electron chi connectivity index (χ0n) is 63.3. The summed E-state index contributed by atoms with van der Waals surface area (Å²) in [6.45, 7) is 37.8. The van der Waals surface area contributed by atoms with Crippen LogP contribution in [0.15, 0.2) is 115 Å². The number of ether oxygens (including phenoxy) is 5. The zero-order chi connectivity index (χ0) is 80.9. The minimum Gasteiger partial charge on any atom is -0.465 e. The Morgan fingerprint density at radius 3 is 0.835 bits per heavy atom.